The Labute approximate surface area is 244 Å². The Bertz CT molecular complexity index is 2220. The molecule has 0 N–H and O–H groups in total. The van der Waals surface area contributed by atoms with E-state index in [0.717, 1.165) is 22.5 Å². The van der Waals surface area contributed by atoms with Crippen LogP contribution in [-0.2, 0) is 0 Å². The summed E-state index contributed by atoms with van der Waals surface area (Å²) >= 11 is 0. The van der Waals surface area contributed by atoms with Crippen molar-refractivity contribution >= 4 is 32.3 Å². The molecular weight excluding hydrogens is 508 g/mol. The van der Waals surface area contributed by atoms with E-state index in [0.29, 0.717) is 0 Å². The Kier molecular flexibility index (Phi) is 5.82. The highest BCUT2D eigenvalue weighted by molar-refractivity contribution is 6.22. The number of pyridine rings is 2. The van der Waals surface area contributed by atoms with E-state index in [2.05, 4.69) is 132 Å². The van der Waals surface area contributed by atoms with Gasteiger partial charge in [-0.15, -0.1) is 0 Å². The molecule has 0 bridgehead atoms. The molecule has 0 saturated heterocycles. The maximum Gasteiger partial charge on any atom is 0.0886 e. The molecule has 0 atom stereocenters. The van der Waals surface area contributed by atoms with Crippen LogP contribution >= 0.6 is 0 Å². The molecule has 0 unspecified atom stereocenters. The van der Waals surface area contributed by atoms with Crippen LogP contribution in [0.3, 0.4) is 0 Å². The molecule has 6 aromatic carbocycles. The number of benzene rings is 6. The summed E-state index contributed by atoms with van der Waals surface area (Å²) in [7, 11) is 0. The number of nitrogens with zero attached hydrogens (tertiary/aromatic N) is 2. The van der Waals surface area contributed by atoms with Gasteiger partial charge in [-0.25, -0.2) is 0 Å². The van der Waals surface area contributed by atoms with Crippen LogP contribution in [0.25, 0.3) is 77.1 Å². The van der Waals surface area contributed by atoms with Crippen molar-refractivity contribution in [3.63, 3.8) is 0 Å². The van der Waals surface area contributed by atoms with Gasteiger partial charge in [-0.05, 0) is 90.5 Å². The molecule has 0 radical (unpaired) electrons. The molecule has 2 aromatic heterocycles. The largest absolute Gasteiger partial charge is 0.255 e. The third-order valence-electron chi connectivity index (χ3n) is 8.15. The lowest BCUT2D eigenvalue weighted by atomic mass is 9.84. The standard InChI is InChI=1S/C40H26N2/c1-2-11-28(12-3-1)39-33-14-6-7-15-34(33)40(31-18-17-27-10-4-5-13-29(27)24-31)36-25-30(19-21-35(36)39)32-20-22-38(42-26-32)37-16-8-9-23-41-37/h1-26H. The molecule has 0 amide bonds. The summed E-state index contributed by atoms with van der Waals surface area (Å²) in [6, 6.07) is 51.9. The van der Waals surface area contributed by atoms with Crippen molar-refractivity contribution in [2.24, 2.45) is 0 Å². The second kappa shape index (κ2) is 10.1. The number of aromatic nitrogens is 2. The van der Waals surface area contributed by atoms with Gasteiger partial charge in [0, 0.05) is 18.0 Å². The Hall–Kier alpha value is -5.60. The average molecular weight is 535 g/mol. The maximum absolute atomic E-state index is 4.77. The van der Waals surface area contributed by atoms with Gasteiger partial charge in [-0.3, -0.25) is 9.97 Å². The molecule has 0 aliphatic heterocycles. The Morgan fingerprint density at radius 2 is 0.976 bits per heavy atom. The highest BCUT2D eigenvalue weighted by Crippen LogP contribution is 2.45. The summed E-state index contributed by atoms with van der Waals surface area (Å²) < 4.78 is 0. The minimum Gasteiger partial charge on any atom is -0.255 e. The minimum absolute atomic E-state index is 0.870. The third kappa shape index (κ3) is 4.13. The molecule has 0 fully saturated rings. The van der Waals surface area contributed by atoms with Crippen LogP contribution in [-0.4, -0.2) is 9.97 Å². The Balaban J connectivity index is 1.41. The lowest BCUT2D eigenvalue weighted by Gasteiger charge is -2.19. The summed E-state index contributed by atoms with van der Waals surface area (Å²) in [5.74, 6) is 0. The molecule has 2 nitrogen and oxygen atoms in total. The summed E-state index contributed by atoms with van der Waals surface area (Å²) in [5, 5.41) is 7.47. The zero-order valence-corrected chi connectivity index (χ0v) is 22.9. The second-order valence-electron chi connectivity index (χ2n) is 10.6. The van der Waals surface area contributed by atoms with Crippen molar-refractivity contribution in [3.8, 4) is 44.8 Å². The van der Waals surface area contributed by atoms with Gasteiger partial charge in [0.25, 0.3) is 0 Å². The molecule has 8 aromatic rings. The highest BCUT2D eigenvalue weighted by Gasteiger charge is 2.17. The Morgan fingerprint density at radius 1 is 0.333 bits per heavy atom. The molecule has 8 rings (SSSR count). The van der Waals surface area contributed by atoms with E-state index in [-0.39, 0.29) is 0 Å². The molecule has 2 heterocycles. The highest BCUT2D eigenvalue weighted by atomic mass is 14.8. The molecule has 196 valence electrons. The van der Waals surface area contributed by atoms with Gasteiger partial charge in [-0.1, -0.05) is 115 Å². The summed E-state index contributed by atoms with van der Waals surface area (Å²) in [6.07, 6.45) is 3.76. The van der Waals surface area contributed by atoms with Crippen LogP contribution in [0.5, 0.6) is 0 Å². The van der Waals surface area contributed by atoms with E-state index in [9.17, 15) is 0 Å². The van der Waals surface area contributed by atoms with Crippen molar-refractivity contribution in [3.05, 3.63) is 158 Å². The van der Waals surface area contributed by atoms with Crippen LogP contribution in [0.1, 0.15) is 0 Å². The monoisotopic (exact) mass is 534 g/mol. The fourth-order valence-corrected chi connectivity index (χ4v) is 6.16. The summed E-state index contributed by atoms with van der Waals surface area (Å²) in [6.45, 7) is 0. The molecule has 2 heteroatoms. The fourth-order valence-electron chi connectivity index (χ4n) is 6.16. The second-order valence-corrected chi connectivity index (χ2v) is 10.6. The van der Waals surface area contributed by atoms with Gasteiger partial charge in [0.15, 0.2) is 0 Å². The normalized spacial score (nSPS) is 11.3. The van der Waals surface area contributed by atoms with Crippen LogP contribution < -0.4 is 0 Å². The Morgan fingerprint density at radius 3 is 1.74 bits per heavy atom. The van der Waals surface area contributed by atoms with Gasteiger partial charge in [-0.2, -0.15) is 0 Å². The van der Waals surface area contributed by atoms with Crippen molar-refractivity contribution in [1.29, 1.82) is 0 Å². The summed E-state index contributed by atoms with van der Waals surface area (Å²) in [4.78, 5) is 9.24. The summed E-state index contributed by atoms with van der Waals surface area (Å²) in [5.41, 5.74) is 8.92. The van der Waals surface area contributed by atoms with Crippen LogP contribution in [0.15, 0.2) is 158 Å². The quantitative estimate of drug-likeness (QED) is 0.210. The first kappa shape index (κ1) is 24.2. The molecule has 0 spiro atoms. The lowest BCUT2D eigenvalue weighted by molar-refractivity contribution is 1.25. The van der Waals surface area contributed by atoms with Gasteiger partial charge < -0.3 is 0 Å². The van der Waals surface area contributed by atoms with Crippen LogP contribution in [0, 0.1) is 0 Å². The first-order valence-corrected chi connectivity index (χ1v) is 14.2. The van der Waals surface area contributed by atoms with Gasteiger partial charge in [0.1, 0.15) is 0 Å². The van der Waals surface area contributed by atoms with Gasteiger partial charge in [0.2, 0.25) is 0 Å². The lowest BCUT2D eigenvalue weighted by Crippen LogP contribution is -1.92. The van der Waals surface area contributed by atoms with E-state index < -0.39 is 0 Å². The van der Waals surface area contributed by atoms with E-state index in [1.807, 2.05) is 24.4 Å². The first-order chi connectivity index (χ1) is 20.8. The number of rotatable bonds is 4. The minimum atomic E-state index is 0.870. The van der Waals surface area contributed by atoms with Crippen molar-refractivity contribution in [2.45, 2.75) is 0 Å². The zero-order chi connectivity index (χ0) is 27.9. The van der Waals surface area contributed by atoms with Crippen molar-refractivity contribution < 1.29 is 0 Å². The van der Waals surface area contributed by atoms with E-state index in [1.54, 1.807) is 6.20 Å². The first-order valence-electron chi connectivity index (χ1n) is 14.2. The van der Waals surface area contributed by atoms with Crippen molar-refractivity contribution in [1.82, 2.24) is 9.97 Å². The van der Waals surface area contributed by atoms with E-state index >= 15 is 0 Å². The van der Waals surface area contributed by atoms with Gasteiger partial charge >= 0.3 is 0 Å². The number of hydrogen-bond donors (Lipinski definition) is 0. The predicted octanol–water partition coefficient (Wildman–Crippen LogP) is 10.6. The molecule has 0 saturated carbocycles. The predicted molar refractivity (Wildman–Crippen MR) is 176 cm³/mol. The maximum atomic E-state index is 4.77. The number of hydrogen-bond acceptors (Lipinski definition) is 2. The SMILES string of the molecule is c1ccc(-c2c3ccccc3c(-c3ccc4ccccc4c3)c3cc(-c4ccc(-c5ccccn5)nc4)ccc23)cc1. The third-order valence-corrected chi connectivity index (χ3v) is 8.15. The fraction of sp³-hybridized carbons (Fsp3) is 0. The zero-order valence-electron chi connectivity index (χ0n) is 22.9. The van der Waals surface area contributed by atoms with Crippen molar-refractivity contribution in [2.75, 3.05) is 0 Å². The van der Waals surface area contributed by atoms with E-state index in [4.69, 9.17) is 4.98 Å². The molecule has 0 aliphatic rings. The molecular formula is C40H26N2. The van der Waals surface area contributed by atoms with Crippen LogP contribution in [0.4, 0.5) is 0 Å². The molecule has 42 heavy (non-hydrogen) atoms. The molecule has 0 aliphatic carbocycles. The van der Waals surface area contributed by atoms with Gasteiger partial charge in [0.05, 0.1) is 11.4 Å². The van der Waals surface area contributed by atoms with Crippen LogP contribution in [0.2, 0.25) is 0 Å². The van der Waals surface area contributed by atoms with E-state index in [1.165, 1.54) is 54.6 Å². The average Bonchev–Trinajstić information content (AvgIpc) is 3.07. The smallest absolute Gasteiger partial charge is 0.0886 e. The number of fused-ring (bicyclic) bond motifs is 3. The topological polar surface area (TPSA) is 25.8 Å².